The van der Waals surface area contributed by atoms with E-state index in [-0.39, 0.29) is 10.4 Å². The molecule has 0 saturated carbocycles. The zero-order valence-electron chi connectivity index (χ0n) is 9.95. The summed E-state index contributed by atoms with van der Waals surface area (Å²) in [6.45, 7) is 2.08. The Balaban J connectivity index is 0.000000321. The second kappa shape index (κ2) is 7.60. The fourth-order valence-corrected chi connectivity index (χ4v) is 1.63. The van der Waals surface area contributed by atoms with Crippen molar-refractivity contribution < 1.29 is 18.4 Å². The van der Waals surface area contributed by atoms with Crippen molar-refractivity contribution in [2.75, 3.05) is 0 Å². The molecule has 0 heterocycles. The smallest absolute Gasteiger partial charge is 0.294 e. The minimum absolute atomic E-state index is 0. The minimum Gasteiger partial charge on any atom is -0.412 e. The van der Waals surface area contributed by atoms with Crippen LogP contribution in [0.25, 0.3) is 0 Å². The monoisotopic (exact) mass is 268 g/mol. The van der Waals surface area contributed by atoms with Crippen molar-refractivity contribution in [1.82, 2.24) is 0 Å². The molecule has 4 nitrogen and oxygen atoms in total. The first-order valence-corrected chi connectivity index (χ1v) is 6.48. The molecule has 98 valence electrons. The molecule has 2 aromatic carbocycles. The summed E-state index contributed by atoms with van der Waals surface area (Å²) in [6, 6.07) is 17.7. The molecular formula is C13H16O4S. The van der Waals surface area contributed by atoms with E-state index in [9.17, 15) is 8.42 Å². The summed E-state index contributed by atoms with van der Waals surface area (Å²) in [5, 5.41) is 0. The van der Waals surface area contributed by atoms with Gasteiger partial charge in [-0.1, -0.05) is 54.1 Å². The first-order chi connectivity index (χ1) is 8.00. The van der Waals surface area contributed by atoms with Crippen LogP contribution in [0.2, 0.25) is 0 Å². The molecule has 0 radical (unpaired) electrons. The van der Waals surface area contributed by atoms with Crippen molar-refractivity contribution in [3.63, 3.8) is 0 Å². The van der Waals surface area contributed by atoms with E-state index >= 15 is 0 Å². The molecule has 0 atom stereocenters. The quantitative estimate of drug-likeness (QED) is 0.803. The van der Waals surface area contributed by atoms with E-state index in [1.165, 1.54) is 17.7 Å². The lowest BCUT2D eigenvalue weighted by molar-refractivity contribution is 0.483. The highest BCUT2D eigenvalue weighted by Gasteiger charge is 2.05. The average Bonchev–Trinajstić information content (AvgIpc) is 2.31. The number of rotatable bonds is 1. The van der Waals surface area contributed by atoms with Gasteiger partial charge in [-0.05, 0) is 19.1 Å². The van der Waals surface area contributed by atoms with Gasteiger partial charge in [0.05, 0.1) is 4.90 Å². The lowest BCUT2D eigenvalue weighted by Crippen LogP contribution is -1.96. The van der Waals surface area contributed by atoms with E-state index in [1.807, 2.05) is 18.2 Å². The summed E-state index contributed by atoms with van der Waals surface area (Å²) >= 11 is 0. The van der Waals surface area contributed by atoms with Crippen LogP contribution in [0.3, 0.4) is 0 Å². The number of aryl methyl sites for hydroxylation is 1. The predicted molar refractivity (Wildman–Crippen MR) is 71.0 cm³/mol. The summed E-state index contributed by atoms with van der Waals surface area (Å²) in [4.78, 5) is -0.0741. The molecule has 0 fully saturated rings. The molecule has 2 rings (SSSR count). The van der Waals surface area contributed by atoms with E-state index in [0.717, 1.165) is 0 Å². The molecule has 2 aromatic rings. The maximum Gasteiger partial charge on any atom is 0.294 e. The predicted octanol–water partition coefficient (Wildman–Crippen LogP) is 2.10. The second-order valence-electron chi connectivity index (χ2n) is 3.44. The molecule has 5 heteroatoms. The number of hydrogen-bond acceptors (Lipinski definition) is 2. The normalized spacial score (nSPS) is 9.67. The summed E-state index contributed by atoms with van der Waals surface area (Å²) in [5.74, 6) is 0. The Labute approximate surface area is 107 Å². The zero-order valence-corrected chi connectivity index (χ0v) is 10.8. The molecule has 0 unspecified atom stereocenters. The molecule has 0 aliphatic heterocycles. The van der Waals surface area contributed by atoms with Crippen molar-refractivity contribution in [3.8, 4) is 0 Å². The Bertz CT molecular complexity index is 536. The van der Waals surface area contributed by atoms with Crippen LogP contribution >= 0.6 is 0 Å². The van der Waals surface area contributed by atoms with Gasteiger partial charge >= 0.3 is 0 Å². The molecule has 3 N–H and O–H groups in total. The largest absolute Gasteiger partial charge is 0.412 e. The minimum atomic E-state index is -4.00. The molecule has 0 bridgehead atoms. The highest BCUT2D eigenvalue weighted by Crippen LogP contribution is 2.05. The van der Waals surface area contributed by atoms with Crippen LogP contribution in [0.4, 0.5) is 0 Å². The van der Waals surface area contributed by atoms with Crippen molar-refractivity contribution in [2.45, 2.75) is 11.8 Å². The molecule has 0 amide bonds. The van der Waals surface area contributed by atoms with Gasteiger partial charge in [-0.3, -0.25) is 4.55 Å². The zero-order chi connectivity index (χ0) is 12.7. The second-order valence-corrected chi connectivity index (χ2v) is 4.86. The summed E-state index contributed by atoms with van der Waals surface area (Å²) in [7, 11) is -4.00. The summed E-state index contributed by atoms with van der Waals surface area (Å²) < 4.78 is 29.2. The Morgan fingerprint density at radius 2 is 1.22 bits per heavy atom. The maximum atomic E-state index is 10.4. The third-order valence-electron chi connectivity index (χ3n) is 1.98. The Morgan fingerprint density at radius 1 is 0.833 bits per heavy atom. The van der Waals surface area contributed by atoms with Gasteiger partial charge < -0.3 is 5.48 Å². The van der Waals surface area contributed by atoms with Crippen molar-refractivity contribution in [2.24, 2.45) is 0 Å². The van der Waals surface area contributed by atoms with E-state index in [2.05, 4.69) is 19.1 Å². The van der Waals surface area contributed by atoms with Crippen molar-refractivity contribution in [3.05, 3.63) is 66.2 Å². The van der Waals surface area contributed by atoms with Crippen molar-refractivity contribution >= 4 is 10.1 Å². The molecule has 0 aliphatic carbocycles. The first kappa shape index (κ1) is 16.3. The van der Waals surface area contributed by atoms with Gasteiger partial charge in [0.2, 0.25) is 0 Å². The molecular weight excluding hydrogens is 252 g/mol. The SMILES string of the molecule is Cc1ccccc1.O.O=S(=O)(O)c1ccccc1. The summed E-state index contributed by atoms with van der Waals surface area (Å²) in [6.07, 6.45) is 0. The van der Waals surface area contributed by atoms with Crippen molar-refractivity contribution in [1.29, 1.82) is 0 Å². The average molecular weight is 268 g/mol. The fraction of sp³-hybridized carbons (Fsp3) is 0.0769. The number of hydrogen-bond donors (Lipinski definition) is 1. The van der Waals surface area contributed by atoms with Crippen LogP contribution in [0.5, 0.6) is 0 Å². The van der Waals surface area contributed by atoms with Crippen LogP contribution in [0.15, 0.2) is 65.6 Å². The lowest BCUT2D eigenvalue weighted by atomic mass is 10.2. The standard InChI is InChI=1S/C7H8.C6H6O3S.H2O/c1-7-5-3-2-4-6-7;7-10(8,9)6-4-2-1-3-5-6;/h2-6H,1H3;1-5H,(H,7,8,9);1H2. The maximum absolute atomic E-state index is 10.4. The molecule has 18 heavy (non-hydrogen) atoms. The Hall–Kier alpha value is -1.69. The van der Waals surface area contributed by atoms with Gasteiger partial charge in [0.15, 0.2) is 0 Å². The highest BCUT2D eigenvalue weighted by atomic mass is 32.2. The number of benzene rings is 2. The Kier molecular flexibility index (Phi) is 6.89. The van der Waals surface area contributed by atoms with Gasteiger partial charge in [-0.25, -0.2) is 0 Å². The van der Waals surface area contributed by atoms with Gasteiger partial charge in [-0.2, -0.15) is 8.42 Å². The molecule has 0 spiro atoms. The van der Waals surface area contributed by atoms with Crippen LogP contribution < -0.4 is 0 Å². The van der Waals surface area contributed by atoms with Crippen LogP contribution in [-0.2, 0) is 10.1 Å². The van der Waals surface area contributed by atoms with Gasteiger partial charge in [-0.15, -0.1) is 0 Å². The van der Waals surface area contributed by atoms with Crippen LogP contribution in [0, 0.1) is 6.92 Å². The van der Waals surface area contributed by atoms with E-state index in [0.29, 0.717) is 0 Å². The highest BCUT2D eigenvalue weighted by molar-refractivity contribution is 7.85. The van der Waals surface area contributed by atoms with Gasteiger partial charge in [0, 0.05) is 0 Å². The van der Waals surface area contributed by atoms with E-state index in [1.54, 1.807) is 18.2 Å². The molecule has 0 aromatic heterocycles. The van der Waals surface area contributed by atoms with E-state index in [4.69, 9.17) is 4.55 Å². The summed E-state index contributed by atoms with van der Waals surface area (Å²) in [5.41, 5.74) is 1.32. The third-order valence-corrected chi connectivity index (χ3v) is 2.85. The third kappa shape index (κ3) is 6.15. The topological polar surface area (TPSA) is 85.9 Å². The van der Waals surface area contributed by atoms with Gasteiger partial charge in [0.1, 0.15) is 0 Å². The van der Waals surface area contributed by atoms with Crippen LogP contribution in [-0.4, -0.2) is 18.4 Å². The molecule has 0 saturated heterocycles. The molecule has 0 aliphatic rings. The lowest BCUT2D eigenvalue weighted by Gasteiger charge is -1.92. The fourth-order valence-electron chi connectivity index (χ4n) is 1.13. The van der Waals surface area contributed by atoms with Gasteiger partial charge in [0.25, 0.3) is 10.1 Å². The Morgan fingerprint density at radius 3 is 1.44 bits per heavy atom. The first-order valence-electron chi connectivity index (χ1n) is 5.04. The van der Waals surface area contributed by atoms with E-state index < -0.39 is 10.1 Å². The van der Waals surface area contributed by atoms with Crippen LogP contribution in [0.1, 0.15) is 5.56 Å².